The van der Waals surface area contributed by atoms with Crippen molar-refractivity contribution in [2.75, 3.05) is 0 Å². The molecule has 0 aliphatic rings. The number of hydrogen-bond donors (Lipinski definition) is 0. The Hall–Kier alpha value is -1.24. The molecule has 0 spiro atoms. The van der Waals surface area contributed by atoms with Crippen molar-refractivity contribution in [3.8, 4) is 0 Å². The van der Waals surface area contributed by atoms with Gasteiger partial charge in [0.1, 0.15) is 5.58 Å². The molecule has 0 aliphatic carbocycles. The van der Waals surface area contributed by atoms with Gasteiger partial charge in [0.2, 0.25) is 0 Å². The van der Waals surface area contributed by atoms with Crippen LogP contribution in [0.4, 0.5) is 0 Å². The van der Waals surface area contributed by atoms with Gasteiger partial charge in [-0.15, -0.1) is 0 Å². The van der Waals surface area contributed by atoms with Crippen LogP contribution in [-0.2, 0) is 11.8 Å². The van der Waals surface area contributed by atoms with Gasteiger partial charge in [0.05, 0.1) is 6.26 Å². The van der Waals surface area contributed by atoms with Crippen molar-refractivity contribution in [2.45, 2.75) is 53.4 Å². The molecule has 98 valence electrons. The quantitative estimate of drug-likeness (QED) is 0.661. The fourth-order valence-corrected chi connectivity index (χ4v) is 2.46. The second-order valence-corrected chi connectivity index (χ2v) is 7.46. The topological polar surface area (TPSA) is 13.1 Å². The van der Waals surface area contributed by atoms with Gasteiger partial charge in [-0.05, 0) is 40.5 Å². The predicted molar refractivity (Wildman–Crippen MR) is 78.1 cm³/mol. The molecule has 1 nitrogen and oxygen atoms in total. The van der Waals surface area contributed by atoms with Crippen molar-refractivity contribution in [2.24, 2.45) is 5.41 Å². The summed E-state index contributed by atoms with van der Waals surface area (Å²) >= 11 is 0. The van der Waals surface area contributed by atoms with Crippen LogP contribution in [-0.4, -0.2) is 0 Å². The highest BCUT2D eigenvalue weighted by Crippen LogP contribution is 2.33. The SMILES string of the molecule is CC(C)(C)Cc1cc(C(C)(C)C)c2ccoc2c1. The van der Waals surface area contributed by atoms with Crippen molar-refractivity contribution in [3.63, 3.8) is 0 Å². The maximum absolute atomic E-state index is 5.61. The molecule has 0 unspecified atom stereocenters. The number of rotatable bonds is 1. The van der Waals surface area contributed by atoms with Gasteiger partial charge >= 0.3 is 0 Å². The Bertz CT molecular complexity index is 547. The van der Waals surface area contributed by atoms with Gasteiger partial charge in [0, 0.05) is 5.39 Å². The van der Waals surface area contributed by atoms with Crippen LogP contribution in [0.15, 0.2) is 28.9 Å². The van der Waals surface area contributed by atoms with Gasteiger partial charge in [-0.25, -0.2) is 0 Å². The van der Waals surface area contributed by atoms with Gasteiger partial charge in [-0.2, -0.15) is 0 Å². The minimum absolute atomic E-state index is 0.149. The van der Waals surface area contributed by atoms with E-state index in [0.29, 0.717) is 5.41 Å². The fraction of sp³-hybridized carbons (Fsp3) is 0.529. The fourth-order valence-electron chi connectivity index (χ4n) is 2.46. The van der Waals surface area contributed by atoms with E-state index in [4.69, 9.17) is 4.42 Å². The van der Waals surface area contributed by atoms with Gasteiger partial charge in [-0.1, -0.05) is 47.6 Å². The summed E-state index contributed by atoms with van der Waals surface area (Å²) in [7, 11) is 0. The molecular formula is C17H24O. The lowest BCUT2D eigenvalue weighted by atomic mass is 9.81. The minimum atomic E-state index is 0.149. The standard InChI is InChI=1S/C17H24O/c1-16(2,3)11-12-9-14(17(4,5)6)13-7-8-18-15(13)10-12/h7-10H,11H2,1-6H3. The lowest BCUT2D eigenvalue weighted by Crippen LogP contribution is -2.14. The summed E-state index contributed by atoms with van der Waals surface area (Å²) < 4.78 is 5.61. The van der Waals surface area contributed by atoms with Crippen LogP contribution in [0.5, 0.6) is 0 Å². The normalized spacial score (nSPS) is 13.2. The molecule has 2 aromatic rings. The molecule has 1 aromatic carbocycles. The zero-order valence-corrected chi connectivity index (χ0v) is 12.4. The third-order valence-electron chi connectivity index (χ3n) is 3.17. The van der Waals surface area contributed by atoms with Crippen LogP contribution in [0, 0.1) is 5.41 Å². The molecule has 0 saturated carbocycles. The van der Waals surface area contributed by atoms with E-state index in [0.717, 1.165) is 12.0 Å². The second kappa shape index (κ2) is 4.15. The van der Waals surface area contributed by atoms with E-state index in [1.807, 2.05) is 0 Å². The Morgan fingerprint density at radius 3 is 2.22 bits per heavy atom. The van der Waals surface area contributed by atoms with E-state index in [1.165, 1.54) is 16.5 Å². The van der Waals surface area contributed by atoms with Gasteiger partial charge in [0.25, 0.3) is 0 Å². The highest BCUT2D eigenvalue weighted by Gasteiger charge is 2.20. The molecule has 0 aliphatic heterocycles. The molecule has 0 fully saturated rings. The van der Waals surface area contributed by atoms with E-state index in [-0.39, 0.29) is 5.41 Å². The third kappa shape index (κ3) is 2.77. The first-order valence-electron chi connectivity index (χ1n) is 6.67. The van der Waals surface area contributed by atoms with Crippen molar-refractivity contribution in [3.05, 3.63) is 35.6 Å². The maximum Gasteiger partial charge on any atom is 0.134 e. The van der Waals surface area contributed by atoms with Crippen molar-refractivity contribution < 1.29 is 4.42 Å². The molecule has 0 saturated heterocycles. The number of hydrogen-bond acceptors (Lipinski definition) is 1. The Labute approximate surface area is 110 Å². The summed E-state index contributed by atoms with van der Waals surface area (Å²) in [5, 5.41) is 1.25. The highest BCUT2D eigenvalue weighted by molar-refractivity contribution is 5.82. The van der Waals surface area contributed by atoms with E-state index < -0.39 is 0 Å². The molecular weight excluding hydrogens is 220 g/mol. The lowest BCUT2D eigenvalue weighted by Gasteiger charge is -2.23. The first kappa shape index (κ1) is 13.2. The first-order chi connectivity index (χ1) is 8.17. The van der Waals surface area contributed by atoms with Crippen molar-refractivity contribution in [1.29, 1.82) is 0 Å². The molecule has 18 heavy (non-hydrogen) atoms. The third-order valence-corrected chi connectivity index (χ3v) is 3.17. The maximum atomic E-state index is 5.61. The Morgan fingerprint density at radius 2 is 1.67 bits per heavy atom. The summed E-state index contributed by atoms with van der Waals surface area (Å²) in [6.45, 7) is 13.6. The van der Waals surface area contributed by atoms with Crippen LogP contribution in [0.3, 0.4) is 0 Å². The highest BCUT2D eigenvalue weighted by atomic mass is 16.3. The molecule has 0 atom stereocenters. The monoisotopic (exact) mass is 244 g/mol. The summed E-state index contributed by atoms with van der Waals surface area (Å²) in [5.74, 6) is 0. The average Bonchev–Trinajstić information content (AvgIpc) is 2.59. The smallest absolute Gasteiger partial charge is 0.134 e. The molecule has 2 rings (SSSR count). The minimum Gasteiger partial charge on any atom is -0.464 e. The molecule has 0 amide bonds. The molecule has 0 radical (unpaired) electrons. The second-order valence-electron chi connectivity index (χ2n) is 7.46. The predicted octanol–water partition coefficient (Wildman–Crippen LogP) is 5.32. The summed E-state index contributed by atoms with van der Waals surface area (Å²) in [6.07, 6.45) is 2.87. The molecule has 0 N–H and O–H groups in total. The van der Waals surface area contributed by atoms with Crippen LogP contribution in [0.2, 0.25) is 0 Å². The Morgan fingerprint density at radius 1 is 1.00 bits per heavy atom. The van der Waals surface area contributed by atoms with Gasteiger partial charge in [-0.3, -0.25) is 0 Å². The van der Waals surface area contributed by atoms with Gasteiger partial charge in [0.15, 0.2) is 0 Å². The molecule has 1 aromatic heterocycles. The lowest BCUT2D eigenvalue weighted by molar-refractivity contribution is 0.410. The van der Waals surface area contributed by atoms with Crippen molar-refractivity contribution >= 4 is 11.0 Å². The number of fused-ring (bicyclic) bond motifs is 1. The molecule has 1 heterocycles. The number of benzene rings is 1. The van der Waals surface area contributed by atoms with Crippen LogP contribution in [0.1, 0.15) is 52.7 Å². The summed E-state index contributed by atoms with van der Waals surface area (Å²) in [6, 6.07) is 6.62. The van der Waals surface area contributed by atoms with Crippen LogP contribution < -0.4 is 0 Å². The van der Waals surface area contributed by atoms with E-state index in [2.05, 4.69) is 59.7 Å². The number of furan rings is 1. The molecule has 1 heteroatoms. The first-order valence-corrected chi connectivity index (χ1v) is 6.67. The van der Waals surface area contributed by atoms with Crippen LogP contribution >= 0.6 is 0 Å². The average molecular weight is 244 g/mol. The van der Waals surface area contributed by atoms with E-state index >= 15 is 0 Å². The van der Waals surface area contributed by atoms with E-state index in [1.54, 1.807) is 6.26 Å². The molecule has 0 bridgehead atoms. The zero-order valence-electron chi connectivity index (χ0n) is 12.4. The summed E-state index contributed by atoms with van der Waals surface area (Å²) in [4.78, 5) is 0. The largest absolute Gasteiger partial charge is 0.464 e. The van der Waals surface area contributed by atoms with E-state index in [9.17, 15) is 0 Å². The Kier molecular flexibility index (Phi) is 3.04. The van der Waals surface area contributed by atoms with Gasteiger partial charge < -0.3 is 4.42 Å². The van der Waals surface area contributed by atoms with Crippen LogP contribution in [0.25, 0.3) is 11.0 Å². The Balaban J connectivity index is 2.58. The van der Waals surface area contributed by atoms with Crippen molar-refractivity contribution in [1.82, 2.24) is 0 Å². The zero-order chi connectivity index (χ0) is 13.6. The summed E-state index contributed by atoms with van der Waals surface area (Å²) in [5.41, 5.74) is 4.22.